The lowest BCUT2D eigenvalue weighted by atomic mass is 9.90. The topological polar surface area (TPSA) is 83.6 Å². The van der Waals surface area contributed by atoms with Gasteiger partial charge in [-0.2, -0.15) is 0 Å². The van der Waals surface area contributed by atoms with Gasteiger partial charge in [-0.15, -0.1) is 0 Å². The molecule has 0 aliphatic carbocycles. The van der Waals surface area contributed by atoms with Crippen molar-refractivity contribution in [3.05, 3.63) is 35.7 Å². The Labute approximate surface area is 163 Å². The van der Waals surface area contributed by atoms with Gasteiger partial charge in [0.05, 0.1) is 11.1 Å². The highest BCUT2D eigenvalue weighted by Crippen LogP contribution is 2.28. The van der Waals surface area contributed by atoms with Crippen LogP contribution in [0, 0.1) is 11.8 Å². The fourth-order valence-corrected chi connectivity index (χ4v) is 3.12. The van der Waals surface area contributed by atoms with Crippen LogP contribution in [0.3, 0.4) is 0 Å². The minimum Gasteiger partial charge on any atom is -0.360 e. The molecule has 2 atom stereocenters. The van der Waals surface area contributed by atoms with Crippen molar-refractivity contribution >= 4 is 34.2 Å². The first-order chi connectivity index (χ1) is 12.9. The summed E-state index contributed by atoms with van der Waals surface area (Å²) >= 11 is 6.08. The minimum absolute atomic E-state index is 0.00745. The second-order valence-electron chi connectivity index (χ2n) is 7.10. The summed E-state index contributed by atoms with van der Waals surface area (Å²) in [6, 6.07) is 3.33. The smallest absolute Gasteiger partial charge is 0.163 e. The SMILES string of the molecule is CCC(C)C(=O)[C@H](Nc1ccnc(-c2c[nH]c3ncc(Cl)cc23)n1)C(C)C. The maximum absolute atomic E-state index is 12.7. The van der Waals surface area contributed by atoms with E-state index in [1.807, 2.05) is 40.0 Å². The zero-order chi connectivity index (χ0) is 19.6. The summed E-state index contributed by atoms with van der Waals surface area (Å²) in [6.07, 6.45) is 5.92. The van der Waals surface area contributed by atoms with Gasteiger partial charge in [-0.1, -0.05) is 39.3 Å². The highest BCUT2D eigenvalue weighted by Gasteiger charge is 2.26. The second-order valence-corrected chi connectivity index (χ2v) is 7.53. The van der Waals surface area contributed by atoms with Gasteiger partial charge in [0.15, 0.2) is 11.6 Å². The van der Waals surface area contributed by atoms with Gasteiger partial charge in [0.2, 0.25) is 0 Å². The van der Waals surface area contributed by atoms with Crippen LogP contribution in [-0.4, -0.2) is 31.8 Å². The zero-order valence-electron chi connectivity index (χ0n) is 16.0. The Bertz CT molecular complexity index is 952. The first-order valence-electron chi connectivity index (χ1n) is 9.17. The molecule has 0 spiro atoms. The molecule has 3 rings (SSSR count). The number of ketones is 1. The number of hydrogen-bond acceptors (Lipinski definition) is 5. The third-order valence-corrected chi connectivity index (χ3v) is 4.98. The lowest BCUT2D eigenvalue weighted by Crippen LogP contribution is -2.38. The Morgan fingerprint density at radius 2 is 2.07 bits per heavy atom. The number of anilines is 1. The fourth-order valence-electron chi connectivity index (χ4n) is 2.97. The Balaban J connectivity index is 1.92. The summed E-state index contributed by atoms with van der Waals surface area (Å²) in [5.41, 5.74) is 1.54. The predicted molar refractivity (Wildman–Crippen MR) is 109 cm³/mol. The maximum Gasteiger partial charge on any atom is 0.163 e. The van der Waals surface area contributed by atoms with Crippen molar-refractivity contribution in [1.29, 1.82) is 0 Å². The molecular formula is C20H24ClN5O. The number of aromatic nitrogens is 4. The Morgan fingerprint density at radius 3 is 2.78 bits per heavy atom. The molecule has 0 aliphatic rings. The van der Waals surface area contributed by atoms with Crippen molar-refractivity contribution in [2.75, 3.05) is 5.32 Å². The van der Waals surface area contributed by atoms with Crippen LogP contribution < -0.4 is 5.32 Å². The molecule has 2 N–H and O–H groups in total. The molecule has 7 heteroatoms. The number of carbonyl (C=O) groups excluding carboxylic acids is 1. The number of hydrogen-bond donors (Lipinski definition) is 2. The molecule has 3 aromatic rings. The number of fused-ring (bicyclic) bond motifs is 1. The van der Waals surface area contributed by atoms with Crippen LogP contribution >= 0.6 is 11.6 Å². The molecule has 0 fully saturated rings. The van der Waals surface area contributed by atoms with Gasteiger partial charge in [0.1, 0.15) is 11.5 Å². The standard InChI is InChI=1S/C20H24ClN5O/c1-5-12(4)18(27)17(11(2)3)25-16-6-7-22-20(26-16)15-10-24-19-14(15)8-13(21)9-23-19/h6-12,17H,5H2,1-4H3,(H,23,24)(H,22,25,26)/t12?,17-/m1/s1. The van der Waals surface area contributed by atoms with E-state index in [2.05, 4.69) is 25.3 Å². The summed E-state index contributed by atoms with van der Waals surface area (Å²) in [5.74, 6) is 1.54. The third kappa shape index (κ3) is 4.11. The molecule has 0 saturated carbocycles. The number of H-pyrrole nitrogens is 1. The van der Waals surface area contributed by atoms with Crippen molar-refractivity contribution in [3.63, 3.8) is 0 Å². The summed E-state index contributed by atoms with van der Waals surface area (Å²) in [4.78, 5) is 29.1. The highest BCUT2D eigenvalue weighted by molar-refractivity contribution is 6.31. The molecule has 0 amide bonds. The van der Waals surface area contributed by atoms with Crippen molar-refractivity contribution in [3.8, 4) is 11.4 Å². The van der Waals surface area contributed by atoms with Crippen LogP contribution in [0.4, 0.5) is 5.82 Å². The van der Waals surface area contributed by atoms with Crippen LogP contribution in [0.15, 0.2) is 30.7 Å². The van der Waals surface area contributed by atoms with Gasteiger partial charge in [0, 0.05) is 35.5 Å². The van der Waals surface area contributed by atoms with Crippen LogP contribution in [-0.2, 0) is 4.79 Å². The lowest BCUT2D eigenvalue weighted by Gasteiger charge is -2.24. The van der Waals surface area contributed by atoms with Crippen LogP contribution in [0.5, 0.6) is 0 Å². The first kappa shape index (κ1) is 19.3. The molecule has 3 aromatic heterocycles. The van der Waals surface area contributed by atoms with E-state index in [9.17, 15) is 4.79 Å². The van der Waals surface area contributed by atoms with Gasteiger partial charge in [-0.3, -0.25) is 4.79 Å². The Kier molecular flexibility index (Phi) is 5.75. The number of aromatic amines is 1. The average molecular weight is 386 g/mol. The molecule has 0 aromatic carbocycles. The molecule has 27 heavy (non-hydrogen) atoms. The zero-order valence-corrected chi connectivity index (χ0v) is 16.7. The first-order valence-corrected chi connectivity index (χ1v) is 9.54. The van der Waals surface area contributed by atoms with E-state index in [-0.39, 0.29) is 23.7 Å². The van der Waals surface area contributed by atoms with Crippen molar-refractivity contribution < 1.29 is 4.79 Å². The molecule has 0 aliphatic heterocycles. The second kappa shape index (κ2) is 8.05. The molecule has 0 saturated heterocycles. The van der Waals surface area contributed by atoms with Crippen molar-refractivity contribution in [2.24, 2.45) is 11.8 Å². The number of carbonyl (C=O) groups is 1. The van der Waals surface area contributed by atoms with Gasteiger partial charge < -0.3 is 10.3 Å². The van der Waals surface area contributed by atoms with Crippen molar-refractivity contribution in [2.45, 2.75) is 40.2 Å². The maximum atomic E-state index is 12.7. The molecule has 0 radical (unpaired) electrons. The quantitative estimate of drug-likeness (QED) is 0.614. The van der Waals surface area contributed by atoms with Gasteiger partial charge in [-0.25, -0.2) is 15.0 Å². The van der Waals surface area contributed by atoms with Gasteiger partial charge in [0.25, 0.3) is 0 Å². The van der Waals surface area contributed by atoms with E-state index < -0.39 is 0 Å². The monoisotopic (exact) mass is 385 g/mol. The van der Waals surface area contributed by atoms with Gasteiger partial charge >= 0.3 is 0 Å². The number of halogens is 1. The van der Waals surface area contributed by atoms with Crippen LogP contribution in [0.1, 0.15) is 34.1 Å². The summed E-state index contributed by atoms with van der Waals surface area (Å²) < 4.78 is 0. The molecule has 0 bridgehead atoms. The van der Waals surface area contributed by atoms with E-state index in [0.29, 0.717) is 16.7 Å². The van der Waals surface area contributed by atoms with Crippen LogP contribution in [0.2, 0.25) is 5.02 Å². The van der Waals surface area contributed by atoms with E-state index in [4.69, 9.17) is 11.6 Å². The number of nitrogens with zero attached hydrogens (tertiary/aromatic N) is 3. The summed E-state index contributed by atoms with van der Waals surface area (Å²) in [6.45, 7) is 8.06. The predicted octanol–water partition coefficient (Wildman–Crippen LogP) is 4.73. The van der Waals surface area contributed by atoms with E-state index in [0.717, 1.165) is 23.0 Å². The number of Topliss-reactive ketones (excluding diaryl/α,β-unsaturated/α-hetero) is 1. The Morgan fingerprint density at radius 1 is 1.30 bits per heavy atom. The molecule has 6 nitrogen and oxygen atoms in total. The summed E-state index contributed by atoms with van der Waals surface area (Å²) in [7, 11) is 0. The van der Waals surface area contributed by atoms with E-state index >= 15 is 0 Å². The van der Waals surface area contributed by atoms with E-state index in [1.165, 1.54) is 0 Å². The molecular weight excluding hydrogens is 362 g/mol. The van der Waals surface area contributed by atoms with Crippen LogP contribution in [0.25, 0.3) is 22.4 Å². The van der Waals surface area contributed by atoms with Gasteiger partial charge in [-0.05, 0) is 24.5 Å². The minimum atomic E-state index is -0.290. The largest absolute Gasteiger partial charge is 0.360 e. The fraction of sp³-hybridized carbons (Fsp3) is 0.400. The Hall–Kier alpha value is -2.47. The molecule has 142 valence electrons. The summed E-state index contributed by atoms with van der Waals surface area (Å²) in [5, 5.41) is 4.71. The normalized spacial score (nSPS) is 13.7. The third-order valence-electron chi connectivity index (χ3n) is 4.77. The highest BCUT2D eigenvalue weighted by atomic mass is 35.5. The molecule has 3 heterocycles. The molecule has 1 unspecified atom stereocenters. The lowest BCUT2D eigenvalue weighted by molar-refractivity contribution is -0.124. The van der Waals surface area contributed by atoms with E-state index in [1.54, 1.807) is 18.5 Å². The number of nitrogens with one attached hydrogen (secondary N) is 2. The average Bonchev–Trinajstić information content (AvgIpc) is 3.08. The number of rotatable bonds is 7. The number of pyridine rings is 1. The van der Waals surface area contributed by atoms with Crippen molar-refractivity contribution in [1.82, 2.24) is 19.9 Å².